The topological polar surface area (TPSA) is 98.1 Å². The SMILES string of the molecule is C[C@@H](Sc1nnc(-c2ccncc2)n1C)C(=O)N(C)[C@@H]1CCS(=O)(=O)C1. The number of carbonyl (C=O) groups is 1. The van der Waals surface area contributed by atoms with E-state index in [1.165, 1.54) is 11.8 Å². The number of amides is 1. The lowest BCUT2D eigenvalue weighted by Gasteiger charge is -2.26. The van der Waals surface area contributed by atoms with Gasteiger partial charge in [-0.1, -0.05) is 11.8 Å². The van der Waals surface area contributed by atoms with Crippen LogP contribution < -0.4 is 0 Å². The quantitative estimate of drug-likeness (QED) is 0.697. The predicted molar refractivity (Wildman–Crippen MR) is 99.4 cm³/mol. The first kappa shape index (κ1) is 18.8. The van der Waals surface area contributed by atoms with Crippen LogP contribution in [0.1, 0.15) is 13.3 Å². The molecule has 2 atom stereocenters. The molecule has 1 saturated heterocycles. The number of nitrogens with zero attached hydrogens (tertiary/aromatic N) is 5. The highest BCUT2D eigenvalue weighted by Crippen LogP contribution is 2.27. The van der Waals surface area contributed by atoms with Crippen LogP contribution in [0, 0.1) is 0 Å². The minimum Gasteiger partial charge on any atom is -0.341 e. The van der Waals surface area contributed by atoms with Gasteiger partial charge in [0.15, 0.2) is 20.8 Å². The molecule has 2 aromatic heterocycles. The fourth-order valence-electron chi connectivity index (χ4n) is 2.93. The van der Waals surface area contributed by atoms with E-state index >= 15 is 0 Å². The molecule has 0 aliphatic carbocycles. The van der Waals surface area contributed by atoms with Crippen LogP contribution >= 0.6 is 11.8 Å². The lowest BCUT2D eigenvalue weighted by atomic mass is 10.2. The maximum atomic E-state index is 12.7. The molecule has 10 heteroatoms. The van der Waals surface area contributed by atoms with Crippen molar-refractivity contribution in [1.29, 1.82) is 0 Å². The Morgan fingerprint density at radius 1 is 1.35 bits per heavy atom. The molecule has 1 aliphatic rings. The summed E-state index contributed by atoms with van der Waals surface area (Å²) in [5, 5.41) is 8.62. The molecule has 1 aliphatic heterocycles. The van der Waals surface area contributed by atoms with E-state index in [1.54, 1.807) is 31.3 Å². The molecule has 0 N–H and O–H groups in total. The number of hydrogen-bond acceptors (Lipinski definition) is 7. The molecule has 0 spiro atoms. The first-order valence-electron chi connectivity index (χ1n) is 8.22. The lowest BCUT2D eigenvalue weighted by molar-refractivity contribution is -0.130. The van der Waals surface area contributed by atoms with Gasteiger partial charge in [-0.25, -0.2) is 8.42 Å². The number of thioether (sulfide) groups is 1. The highest BCUT2D eigenvalue weighted by atomic mass is 32.2. The lowest BCUT2D eigenvalue weighted by Crippen LogP contribution is -2.41. The summed E-state index contributed by atoms with van der Waals surface area (Å²) in [6.45, 7) is 1.80. The molecule has 3 heterocycles. The Morgan fingerprint density at radius 2 is 2.04 bits per heavy atom. The zero-order chi connectivity index (χ0) is 18.9. The van der Waals surface area contributed by atoms with Gasteiger partial charge in [-0.3, -0.25) is 9.78 Å². The Hall–Kier alpha value is -1.94. The van der Waals surface area contributed by atoms with Crippen molar-refractivity contribution in [2.45, 2.75) is 29.8 Å². The van der Waals surface area contributed by atoms with Crippen molar-refractivity contribution in [3.8, 4) is 11.4 Å². The highest BCUT2D eigenvalue weighted by Gasteiger charge is 2.34. The number of aromatic nitrogens is 4. The Bertz CT molecular complexity index is 898. The van der Waals surface area contributed by atoms with Gasteiger partial charge in [0.2, 0.25) is 5.91 Å². The summed E-state index contributed by atoms with van der Waals surface area (Å²) < 4.78 is 25.1. The van der Waals surface area contributed by atoms with Crippen molar-refractivity contribution in [3.05, 3.63) is 24.5 Å². The van der Waals surface area contributed by atoms with Crippen LogP contribution in [-0.4, -0.2) is 68.8 Å². The van der Waals surface area contributed by atoms with Gasteiger partial charge in [-0.15, -0.1) is 10.2 Å². The number of pyridine rings is 1. The molecule has 0 radical (unpaired) electrons. The van der Waals surface area contributed by atoms with E-state index in [-0.39, 0.29) is 23.5 Å². The molecule has 2 aromatic rings. The number of rotatable bonds is 5. The van der Waals surface area contributed by atoms with E-state index in [0.29, 0.717) is 17.4 Å². The summed E-state index contributed by atoms with van der Waals surface area (Å²) in [5.41, 5.74) is 0.897. The first-order chi connectivity index (χ1) is 12.3. The van der Waals surface area contributed by atoms with Crippen molar-refractivity contribution in [2.24, 2.45) is 7.05 Å². The highest BCUT2D eigenvalue weighted by molar-refractivity contribution is 8.00. The zero-order valence-corrected chi connectivity index (χ0v) is 16.5. The van der Waals surface area contributed by atoms with Crippen LogP contribution in [0.4, 0.5) is 0 Å². The van der Waals surface area contributed by atoms with Gasteiger partial charge in [-0.2, -0.15) is 0 Å². The average molecular weight is 396 g/mol. The van der Waals surface area contributed by atoms with Gasteiger partial charge < -0.3 is 9.47 Å². The summed E-state index contributed by atoms with van der Waals surface area (Å²) >= 11 is 1.31. The maximum Gasteiger partial charge on any atom is 0.235 e. The van der Waals surface area contributed by atoms with Gasteiger partial charge in [0.25, 0.3) is 0 Å². The molecule has 8 nitrogen and oxygen atoms in total. The fraction of sp³-hybridized carbons (Fsp3) is 0.500. The van der Waals surface area contributed by atoms with Gasteiger partial charge in [-0.05, 0) is 25.5 Å². The summed E-state index contributed by atoms with van der Waals surface area (Å²) in [7, 11) is 0.495. The first-order valence-corrected chi connectivity index (χ1v) is 10.9. The summed E-state index contributed by atoms with van der Waals surface area (Å²) in [5.74, 6) is 0.786. The van der Waals surface area contributed by atoms with E-state index in [2.05, 4.69) is 15.2 Å². The number of sulfone groups is 1. The normalized spacial score (nSPS) is 20.0. The second-order valence-corrected chi connectivity index (χ2v) is 9.90. The molecular weight excluding hydrogens is 374 g/mol. The van der Waals surface area contributed by atoms with Crippen LogP contribution in [0.15, 0.2) is 29.7 Å². The standard InChI is InChI=1S/C16H21N5O3S2/c1-11(15(22)20(2)13-6-9-26(23,24)10-13)25-16-19-18-14(21(16)3)12-4-7-17-8-5-12/h4-5,7-8,11,13H,6,9-10H2,1-3H3/t11-,13-/m1/s1. The van der Waals surface area contributed by atoms with E-state index in [4.69, 9.17) is 0 Å². The Kier molecular flexibility index (Phi) is 5.33. The van der Waals surface area contributed by atoms with Crippen molar-refractivity contribution in [2.75, 3.05) is 18.6 Å². The van der Waals surface area contributed by atoms with Crippen molar-refractivity contribution in [1.82, 2.24) is 24.6 Å². The van der Waals surface area contributed by atoms with Crippen molar-refractivity contribution in [3.63, 3.8) is 0 Å². The second kappa shape index (κ2) is 7.36. The van der Waals surface area contributed by atoms with Gasteiger partial charge in [0.1, 0.15) is 0 Å². The summed E-state index contributed by atoms with van der Waals surface area (Å²) in [4.78, 5) is 18.2. The van der Waals surface area contributed by atoms with Crippen LogP contribution in [-0.2, 0) is 21.7 Å². The Balaban J connectivity index is 1.69. The van der Waals surface area contributed by atoms with Crippen LogP contribution in [0.3, 0.4) is 0 Å². The Labute approximate surface area is 156 Å². The van der Waals surface area contributed by atoms with Crippen LogP contribution in [0.5, 0.6) is 0 Å². The summed E-state index contributed by atoms with van der Waals surface area (Å²) in [6, 6.07) is 3.45. The molecule has 0 aromatic carbocycles. The van der Waals surface area contributed by atoms with Crippen molar-refractivity contribution < 1.29 is 13.2 Å². The minimum atomic E-state index is -3.02. The van der Waals surface area contributed by atoms with Crippen LogP contribution in [0.25, 0.3) is 11.4 Å². The second-order valence-electron chi connectivity index (χ2n) is 6.37. The number of hydrogen-bond donors (Lipinski definition) is 0. The number of carbonyl (C=O) groups excluding carboxylic acids is 1. The molecule has 3 rings (SSSR count). The smallest absolute Gasteiger partial charge is 0.235 e. The molecule has 0 saturated carbocycles. The van der Waals surface area contributed by atoms with E-state index < -0.39 is 15.1 Å². The molecule has 140 valence electrons. The third kappa shape index (κ3) is 3.90. The molecule has 0 unspecified atom stereocenters. The molecule has 26 heavy (non-hydrogen) atoms. The summed E-state index contributed by atoms with van der Waals surface area (Å²) in [6.07, 6.45) is 3.87. The molecule has 1 fully saturated rings. The maximum absolute atomic E-state index is 12.7. The Morgan fingerprint density at radius 3 is 2.65 bits per heavy atom. The van der Waals surface area contributed by atoms with E-state index in [1.807, 2.05) is 23.7 Å². The van der Waals surface area contributed by atoms with Crippen molar-refractivity contribution >= 4 is 27.5 Å². The van der Waals surface area contributed by atoms with E-state index in [9.17, 15) is 13.2 Å². The fourth-order valence-corrected chi connectivity index (χ4v) is 5.62. The largest absolute Gasteiger partial charge is 0.341 e. The van der Waals surface area contributed by atoms with Gasteiger partial charge in [0, 0.05) is 38.1 Å². The molecule has 1 amide bonds. The van der Waals surface area contributed by atoms with Crippen LogP contribution in [0.2, 0.25) is 0 Å². The zero-order valence-electron chi connectivity index (χ0n) is 14.9. The molecular formula is C16H21N5O3S2. The minimum absolute atomic E-state index is 0.0444. The van der Waals surface area contributed by atoms with Gasteiger partial charge in [0.05, 0.1) is 16.8 Å². The average Bonchev–Trinajstić information content (AvgIpc) is 3.17. The predicted octanol–water partition coefficient (Wildman–Crippen LogP) is 1.00. The monoisotopic (exact) mass is 395 g/mol. The third-order valence-electron chi connectivity index (χ3n) is 4.51. The third-order valence-corrected chi connectivity index (χ3v) is 7.38. The van der Waals surface area contributed by atoms with Gasteiger partial charge >= 0.3 is 0 Å². The molecule has 0 bridgehead atoms. The van der Waals surface area contributed by atoms with E-state index in [0.717, 1.165) is 5.56 Å².